The van der Waals surface area contributed by atoms with Gasteiger partial charge in [-0.1, -0.05) is 65.7 Å². The van der Waals surface area contributed by atoms with Crippen LogP contribution in [0.5, 0.6) is 0 Å². The first-order valence-corrected chi connectivity index (χ1v) is 13.5. The Kier molecular flexibility index (Phi) is 7.08. The fourth-order valence-corrected chi connectivity index (χ4v) is 5.47. The highest BCUT2D eigenvalue weighted by molar-refractivity contribution is 7.89. The zero-order chi connectivity index (χ0) is 26.0. The van der Waals surface area contributed by atoms with Crippen molar-refractivity contribution >= 4 is 55.5 Å². The maximum atomic E-state index is 13.2. The second kappa shape index (κ2) is 10.4. The quantitative estimate of drug-likeness (QED) is 0.239. The molecular formula is C27H21Cl2N5O2S. The maximum Gasteiger partial charge on any atom is 0.241 e. The lowest BCUT2D eigenvalue weighted by atomic mass is 10.0. The van der Waals surface area contributed by atoms with Crippen LogP contribution in [0.2, 0.25) is 10.0 Å². The normalized spacial score (nSPS) is 11.5. The van der Waals surface area contributed by atoms with Crippen LogP contribution in [0.25, 0.3) is 22.0 Å². The Balaban J connectivity index is 1.51. The molecular weight excluding hydrogens is 529 g/mol. The predicted molar refractivity (Wildman–Crippen MR) is 148 cm³/mol. The number of hydrogen-bond donors (Lipinski definition) is 2. The van der Waals surface area contributed by atoms with Crippen molar-refractivity contribution in [2.75, 3.05) is 5.32 Å². The fraction of sp³-hybridized carbons (Fsp3) is 0.0741. The van der Waals surface area contributed by atoms with Crippen LogP contribution in [0.3, 0.4) is 0 Å². The highest BCUT2D eigenvalue weighted by Gasteiger charge is 2.20. The molecule has 0 atom stereocenters. The van der Waals surface area contributed by atoms with Crippen molar-refractivity contribution in [3.8, 4) is 11.3 Å². The van der Waals surface area contributed by atoms with Crippen LogP contribution in [-0.2, 0) is 16.6 Å². The lowest BCUT2D eigenvalue weighted by molar-refractivity contribution is 0.580. The zero-order valence-corrected chi connectivity index (χ0v) is 21.9. The van der Waals surface area contributed by atoms with Crippen LogP contribution in [0.15, 0.2) is 90.0 Å². The Bertz CT molecular complexity index is 1710. The van der Waals surface area contributed by atoms with E-state index in [2.05, 4.69) is 25.2 Å². The molecule has 10 heteroatoms. The van der Waals surface area contributed by atoms with E-state index in [0.29, 0.717) is 44.1 Å². The summed E-state index contributed by atoms with van der Waals surface area (Å²) in [7, 11) is -3.80. The largest absolute Gasteiger partial charge is 0.338 e. The minimum atomic E-state index is -3.80. The molecule has 0 unspecified atom stereocenters. The van der Waals surface area contributed by atoms with Gasteiger partial charge in [0.1, 0.15) is 5.69 Å². The van der Waals surface area contributed by atoms with Gasteiger partial charge in [-0.3, -0.25) is 4.98 Å². The zero-order valence-electron chi connectivity index (χ0n) is 19.6. The van der Waals surface area contributed by atoms with Gasteiger partial charge in [-0.2, -0.15) is 0 Å². The predicted octanol–water partition coefficient (Wildman–Crippen LogP) is 6.53. The Morgan fingerprint density at radius 2 is 1.62 bits per heavy atom. The van der Waals surface area contributed by atoms with Crippen molar-refractivity contribution in [3.63, 3.8) is 0 Å². The third-order valence-corrected chi connectivity index (χ3v) is 8.07. The standard InChI is InChI=1S/C27H21Cl2N5O2S/c1-17-9-10-18(14-25(17)37(35,36)31-16-20-6-4-5-13-30-20)26-21-7-2-3-8-22(21)27(34-33-26)32-19-11-12-23(28)24(29)15-19/h2-15,31H,16H2,1H3,(H,32,34). The minimum absolute atomic E-state index is 0.0880. The number of nitrogens with one attached hydrogen (secondary N) is 2. The number of sulfonamides is 1. The molecule has 0 bridgehead atoms. The molecule has 2 N–H and O–H groups in total. The summed E-state index contributed by atoms with van der Waals surface area (Å²) in [4.78, 5) is 4.35. The van der Waals surface area contributed by atoms with Gasteiger partial charge in [-0.05, 0) is 48.9 Å². The summed E-state index contributed by atoms with van der Waals surface area (Å²) in [6, 6.07) is 23.5. The molecule has 3 aromatic carbocycles. The summed E-state index contributed by atoms with van der Waals surface area (Å²) in [5.41, 5.74) is 3.16. The highest BCUT2D eigenvalue weighted by Crippen LogP contribution is 2.33. The number of benzene rings is 3. The molecule has 0 radical (unpaired) electrons. The van der Waals surface area contributed by atoms with Gasteiger partial charge in [0.2, 0.25) is 10.0 Å². The van der Waals surface area contributed by atoms with E-state index in [-0.39, 0.29) is 11.4 Å². The van der Waals surface area contributed by atoms with E-state index < -0.39 is 10.0 Å². The van der Waals surface area contributed by atoms with E-state index in [0.717, 1.165) is 10.8 Å². The topological polar surface area (TPSA) is 96.9 Å². The van der Waals surface area contributed by atoms with Gasteiger partial charge in [0, 0.05) is 28.2 Å². The SMILES string of the molecule is Cc1ccc(-c2nnc(Nc3ccc(Cl)c(Cl)c3)c3ccccc23)cc1S(=O)(=O)NCc1ccccn1. The number of hydrogen-bond acceptors (Lipinski definition) is 6. The van der Waals surface area contributed by atoms with Gasteiger partial charge in [0.25, 0.3) is 0 Å². The Morgan fingerprint density at radius 3 is 2.38 bits per heavy atom. The van der Waals surface area contributed by atoms with Gasteiger partial charge in [-0.15, -0.1) is 10.2 Å². The van der Waals surface area contributed by atoms with Crippen molar-refractivity contribution in [1.82, 2.24) is 19.9 Å². The molecule has 0 aliphatic carbocycles. The Morgan fingerprint density at radius 1 is 0.838 bits per heavy atom. The summed E-state index contributed by atoms with van der Waals surface area (Å²) < 4.78 is 29.0. The molecule has 0 saturated carbocycles. The summed E-state index contributed by atoms with van der Waals surface area (Å²) in [6.45, 7) is 1.85. The monoisotopic (exact) mass is 549 g/mol. The third kappa shape index (κ3) is 5.42. The number of aromatic nitrogens is 3. The van der Waals surface area contributed by atoms with E-state index in [4.69, 9.17) is 23.2 Å². The van der Waals surface area contributed by atoms with Crippen LogP contribution in [-0.4, -0.2) is 23.6 Å². The van der Waals surface area contributed by atoms with Crippen LogP contribution >= 0.6 is 23.2 Å². The second-order valence-electron chi connectivity index (χ2n) is 8.32. The minimum Gasteiger partial charge on any atom is -0.338 e. The van der Waals surface area contributed by atoms with Crippen molar-refractivity contribution in [2.45, 2.75) is 18.4 Å². The van der Waals surface area contributed by atoms with E-state index in [9.17, 15) is 8.42 Å². The molecule has 37 heavy (non-hydrogen) atoms. The van der Waals surface area contributed by atoms with Crippen molar-refractivity contribution < 1.29 is 8.42 Å². The number of rotatable bonds is 7. The number of aryl methyl sites for hydroxylation is 1. The van der Waals surface area contributed by atoms with Gasteiger partial charge in [-0.25, -0.2) is 13.1 Å². The molecule has 0 fully saturated rings. The van der Waals surface area contributed by atoms with Gasteiger partial charge in [0.05, 0.1) is 27.2 Å². The van der Waals surface area contributed by atoms with Crippen molar-refractivity contribution in [1.29, 1.82) is 0 Å². The number of nitrogens with zero attached hydrogens (tertiary/aromatic N) is 3. The number of pyridine rings is 1. The molecule has 2 heterocycles. The highest BCUT2D eigenvalue weighted by atomic mass is 35.5. The summed E-state index contributed by atoms with van der Waals surface area (Å²) in [6.07, 6.45) is 1.62. The number of fused-ring (bicyclic) bond motifs is 1. The molecule has 0 spiro atoms. The molecule has 7 nitrogen and oxygen atoms in total. The molecule has 5 aromatic rings. The van der Waals surface area contributed by atoms with Crippen molar-refractivity contribution in [3.05, 3.63) is 106 Å². The lowest BCUT2D eigenvalue weighted by Gasteiger charge is -2.14. The first kappa shape index (κ1) is 25.1. The summed E-state index contributed by atoms with van der Waals surface area (Å²) in [5, 5.41) is 14.6. The van der Waals surface area contributed by atoms with Crippen LogP contribution in [0, 0.1) is 6.92 Å². The lowest BCUT2D eigenvalue weighted by Crippen LogP contribution is -2.24. The van der Waals surface area contributed by atoms with Gasteiger partial charge >= 0.3 is 0 Å². The molecule has 0 aliphatic heterocycles. The van der Waals surface area contributed by atoms with E-state index >= 15 is 0 Å². The first-order chi connectivity index (χ1) is 17.8. The smallest absolute Gasteiger partial charge is 0.241 e. The molecule has 0 aliphatic rings. The number of halogens is 2. The average Bonchev–Trinajstić information content (AvgIpc) is 2.91. The Labute approximate surface area is 224 Å². The third-order valence-electron chi connectivity index (χ3n) is 5.79. The first-order valence-electron chi connectivity index (χ1n) is 11.3. The fourth-order valence-electron chi connectivity index (χ4n) is 3.91. The molecule has 186 valence electrons. The summed E-state index contributed by atoms with van der Waals surface area (Å²) >= 11 is 12.2. The molecule has 0 amide bonds. The van der Waals surface area contributed by atoms with E-state index in [1.54, 1.807) is 55.6 Å². The second-order valence-corrected chi connectivity index (χ2v) is 10.9. The maximum absolute atomic E-state index is 13.2. The molecule has 0 saturated heterocycles. The van der Waals surface area contributed by atoms with Crippen molar-refractivity contribution in [2.24, 2.45) is 0 Å². The van der Waals surface area contributed by atoms with Crippen LogP contribution < -0.4 is 10.0 Å². The van der Waals surface area contributed by atoms with E-state index in [1.165, 1.54) is 0 Å². The van der Waals surface area contributed by atoms with Gasteiger partial charge in [0.15, 0.2) is 5.82 Å². The van der Waals surface area contributed by atoms with E-state index in [1.807, 2.05) is 36.4 Å². The summed E-state index contributed by atoms with van der Waals surface area (Å²) in [5.74, 6) is 0.537. The van der Waals surface area contributed by atoms with Crippen LogP contribution in [0.1, 0.15) is 11.3 Å². The molecule has 5 rings (SSSR count). The van der Waals surface area contributed by atoms with Gasteiger partial charge < -0.3 is 5.32 Å². The Hall–Kier alpha value is -3.56. The molecule has 2 aromatic heterocycles. The number of anilines is 2. The average molecular weight is 550 g/mol. The van der Waals surface area contributed by atoms with Crippen LogP contribution in [0.4, 0.5) is 11.5 Å².